The fraction of sp³-hybridized carbons (Fsp3) is 0.250. The second kappa shape index (κ2) is 4.84. The molecule has 0 saturated carbocycles. The van der Waals surface area contributed by atoms with Gasteiger partial charge in [0.1, 0.15) is 11.5 Å². The Bertz CT molecular complexity index is 537. The lowest BCUT2D eigenvalue weighted by Gasteiger charge is -2.08. The molecule has 0 atom stereocenters. The SMILES string of the molecule is CCc1c(CCl)cnn1-c1ccc(F)cc1F. The average molecular weight is 257 g/mol. The Kier molecular flexibility index (Phi) is 3.43. The molecule has 0 aliphatic heterocycles. The summed E-state index contributed by atoms with van der Waals surface area (Å²) in [7, 11) is 0. The molecule has 1 aromatic carbocycles. The van der Waals surface area contributed by atoms with E-state index < -0.39 is 11.6 Å². The Morgan fingerprint density at radius 1 is 1.35 bits per heavy atom. The summed E-state index contributed by atoms with van der Waals surface area (Å²) in [4.78, 5) is 0. The summed E-state index contributed by atoms with van der Waals surface area (Å²) in [6.07, 6.45) is 2.29. The summed E-state index contributed by atoms with van der Waals surface area (Å²) in [6.45, 7) is 1.94. The van der Waals surface area contributed by atoms with Crippen LogP contribution < -0.4 is 0 Å². The number of hydrogen-bond donors (Lipinski definition) is 0. The maximum absolute atomic E-state index is 13.6. The van der Waals surface area contributed by atoms with Crippen LogP contribution in [-0.4, -0.2) is 9.78 Å². The van der Waals surface area contributed by atoms with Crippen LogP contribution in [0, 0.1) is 11.6 Å². The van der Waals surface area contributed by atoms with Gasteiger partial charge >= 0.3 is 0 Å². The fourth-order valence-corrected chi connectivity index (χ4v) is 1.98. The van der Waals surface area contributed by atoms with Gasteiger partial charge in [-0.25, -0.2) is 13.5 Å². The molecule has 2 nitrogen and oxygen atoms in total. The molecule has 0 N–H and O–H groups in total. The number of halogens is 3. The van der Waals surface area contributed by atoms with Gasteiger partial charge in [-0.15, -0.1) is 11.6 Å². The minimum absolute atomic E-state index is 0.236. The number of nitrogens with zero attached hydrogens (tertiary/aromatic N) is 2. The first kappa shape index (κ1) is 12.0. The van der Waals surface area contributed by atoms with E-state index in [0.717, 1.165) is 17.3 Å². The highest BCUT2D eigenvalue weighted by Crippen LogP contribution is 2.20. The van der Waals surface area contributed by atoms with Crippen molar-refractivity contribution in [3.8, 4) is 5.69 Å². The Morgan fingerprint density at radius 3 is 2.71 bits per heavy atom. The van der Waals surface area contributed by atoms with Gasteiger partial charge < -0.3 is 0 Å². The molecular formula is C12H11ClF2N2. The second-order valence-electron chi connectivity index (χ2n) is 3.61. The second-order valence-corrected chi connectivity index (χ2v) is 3.88. The molecule has 0 unspecified atom stereocenters. The van der Waals surface area contributed by atoms with Gasteiger partial charge in [-0.3, -0.25) is 0 Å². The zero-order chi connectivity index (χ0) is 12.4. The van der Waals surface area contributed by atoms with Gasteiger partial charge in [-0.2, -0.15) is 5.10 Å². The van der Waals surface area contributed by atoms with Crippen LogP contribution in [0.3, 0.4) is 0 Å². The topological polar surface area (TPSA) is 17.8 Å². The van der Waals surface area contributed by atoms with Crippen molar-refractivity contribution in [2.75, 3.05) is 0 Å². The monoisotopic (exact) mass is 256 g/mol. The van der Waals surface area contributed by atoms with Crippen molar-refractivity contribution < 1.29 is 8.78 Å². The summed E-state index contributed by atoms with van der Waals surface area (Å²) in [5.74, 6) is -0.913. The predicted octanol–water partition coefficient (Wildman–Crippen LogP) is 3.45. The third kappa shape index (κ3) is 2.17. The lowest BCUT2D eigenvalue weighted by Crippen LogP contribution is -2.05. The Hall–Kier alpha value is -1.42. The highest BCUT2D eigenvalue weighted by Gasteiger charge is 2.13. The fourth-order valence-electron chi connectivity index (χ4n) is 1.76. The molecule has 1 heterocycles. The summed E-state index contributed by atoms with van der Waals surface area (Å²) < 4.78 is 27.9. The average Bonchev–Trinajstić information content (AvgIpc) is 2.71. The molecule has 0 spiro atoms. The van der Waals surface area contributed by atoms with E-state index in [-0.39, 0.29) is 5.69 Å². The van der Waals surface area contributed by atoms with Crippen LogP contribution in [0.15, 0.2) is 24.4 Å². The van der Waals surface area contributed by atoms with Gasteiger partial charge in [0, 0.05) is 17.3 Å². The molecule has 2 aromatic rings. The third-order valence-electron chi connectivity index (χ3n) is 2.57. The minimum Gasteiger partial charge on any atom is -0.235 e. The highest BCUT2D eigenvalue weighted by atomic mass is 35.5. The quantitative estimate of drug-likeness (QED) is 0.769. The van der Waals surface area contributed by atoms with Gasteiger partial charge in [0.25, 0.3) is 0 Å². The lowest BCUT2D eigenvalue weighted by atomic mass is 10.2. The molecule has 0 aliphatic rings. The number of hydrogen-bond acceptors (Lipinski definition) is 1. The van der Waals surface area contributed by atoms with Crippen molar-refractivity contribution >= 4 is 11.6 Å². The zero-order valence-corrected chi connectivity index (χ0v) is 10.0. The first-order valence-electron chi connectivity index (χ1n) is 5.24. The largest absolute Gasteiger partial charge is 0.235 e. The molecule has 1 aromatic heterocycles. The van der Waals surface area contributed by atoms with E-state index in [1.54, 1.807) is 6.20 Å². The normalized spacial score (nSPS) is 10.8. The van der Waals surface area contributed by atoms with Gasteiger partial charge in [0.15, 0.2) is 5.82 Å². The summed E-state index contributed by atoms with van der Waals surface area (Å²) in [5, 5.41) is 4.09. The molecule has 17 heavy (non-hydrogen) atoms. The third-order valence-corrected chi connectivity index (χ3v) is 2.86. The summed E-state index contributed by atoms with van der Waals surface area (Å²) in [6, 6.07) is 3.42. The van der Waals surface area contributed by atoms with Crippen molar-refractivity contribution in [2.24, 2.45) is 0 Å². The van der Waals surface area contributed by atoms with Crippen molar-refractivity contribution in [2.45, 2.75) is 19.2 Å². The molecular weight excluding hydrogens is 246 g/mol. The first-order valence-corrected chi connectivity index (χ1v) is 5.78. The Balaban J connectivity index is 2.56. The predicted molar refractivity (Wildman–Crippen MR) is 62.4 cm³/mol. The molecule has 0 fully saturated rings. The van der Waals surface area contributed by atoms with Crippen LogP contribution in [0.1, 0.15) is 18.2 Å². The van der Waals surface area contributed by atoms with E-state index >= 15 is 0 Å². The lowest BCUT2D eigenvalue weighted by molar-refractivity contribution is 0.571. The van der Waals surface area contributed by atoms with E-state index in [1.807, 2.05) is 6.92 Å². The standard InChI is InChI=1S/C12H11ClF2N2/c1-2-11-8(6-13)7-16-17(11)12-4-3-9(14)5-10(12)15/h3-5,7H,2,6H2,1H3. The van der Waals surface area contributed by atoms with Gasteiger partial charge in [-0.05, 0) is 18.6 Å². The highest BCUT2D eigenvalue weighted by molar-refractivity contribution is 6.17. The molecule has 0 aliphatic carbocycles. The molecule has 0 radical (unpaired) electrons. The summed E-state index contributed by atoms with van der Waals surface area (Å²) >= 11 is 5.77. The number of benzene rings is 1. The van der Waals surface area contributed by atoms with Gasteiger partial charge in [0.05, 0.1) is 12.1 Å². The maximum atomic E-state index is 13.6. The van der Waals surface area contributed by atoms with Crippen molar-refractivity contribution in [3.05, 3.63) is 47.3 Å². The van der Waals surface area contributed by atoms with Crippen LogP contribution in [0.4, 0.5) is 8.78 Å². The smallest absolute Gasteiger partial charge is 0.151 e. The number of alkyl halides is 1. The first-order chi connectivity index (χ1) is 8.17. The molecule has 2 rings (SSSR count). The van der Waals surface area contributed by atoms with Crippen LogP contribution in [0.2, 0.25) is 0 Å². The molecule has 90 valence electrons. The van der Waals surface area contributed by atoms with Crippen LogP contribution >= 0.6 is 11.6 Å². The van der Waals surface area contributed by atoms with Crippen molar-refractivity contribution in [1.82, 2.24) is 9.78 Å². The van der Waals surface area contributed by atoms with Crippen LogP contribution in [0.5, 0.6) is 0 Å². The van der Waals surface area contributed by atoms with E-state index in [2.05, 4.69) is 5.10 Å². The van der Waals surface area contributed by atoms with Crippen LogP contribution in [-0.2, 0) is 12.3 Å². The molecule has 5 heteroatoms. The van der Waals surface area contributed by atoms with Gasteiger partial charge in [-0.1, -0.05) is 6.92 Å². The maximum Gasteiger partial charge on any atom is 0.151 e. The van der Waals surface area contributed by atoms with E-state index in [1.165, 1.54) is 16.8 Å². The van der Waals surface area contributed by atoms with Crippen molar-refractivity contribution in [1.29, 1.82) is 0 Å². The van der Waals surface area contributed by atoms with E-state index in [4.69, 9.17) is 11.6 Å². The minimum atomic E-state index is -0.635. The summed E-state index contributed by atoms with van der Waals surface area (Å²) in [5.41, 5.74) is 1.93. The molecule has 0 amide bonds. The van der Waals surface area contributed by atoms with E-state index in [0.29, 0.717) is 12.3 Å². The van der Waals surface area contributed by atoms with Crippen LogP contribution in [0.25, 0.3) is 5.69 Å². The molecule has 0 saturated heterocycles. The van der Waals surface area contributed by atoms with Crippen molar-refractivity contribution in [3.63, 3.8) is 0 Å². The zero-order valence-electron chi connectivity index (χ0n) is 9.25. The number of rotatable bonds is 3. The Morgan fingerprint density at radius 2 is 2.12 bits per heavy atom. The molecule has 0 bridgehead atoms. The number of aromatic nitrogens is 2. The van der Waals surface area contributed by atoms with Gasteiger partial charge in [0.2, 0.25) is 0 Å². The van der Waals surface area contributed by atoms with E-state index in [9.17, 15) is 8.78 Å². The Labute approximate surface area is 103 Å².